The molecule has 0 aliphatic carbocycles. The lowest BCUT2D eigenvalue weighted by Crippen LogP contribution is -2.33. The summed E-state index contributed by atoms with van der Waals surface area (Å²) in [6, 6.07) is 8.15. The molecule has 0 atom stereocenters. The van der Waals surface area contributed by atoms with Crippen LogP contribution in [0, 0.1) is 0 Å². The third kappa shape index (κ3) is 5.47. The Bertz CT molecular complexity index is 336. The Morgan fingerprint density at radius 2 is 1.88 bits per heavy atom. The predicted molar refractivity (Wildman–Crippen MR) is 67.5 cm³/mol. The summed E-state index contributed by atoms with van der Waals surface area (Å²) in [5, 5.41) is 5.83. The summed E-state index contributed by atoms with van der Waals surface area (Å²) in [6.45, 7) is 4.27. The molecule has 0 aliphatic heterocycles. The highest BCUT2D eigenvalue weighted by Crippen LogP contribution is 2.04. The van der Waals surface area contributed by atoms with E-state index in [1.165, 1.54) is 0 Å². The largest absolute Gasteiger partial charge is 0.380 e. The van der Waals surface area contributed by atoms with Gasteiger partial charge in [0, 0.05) is 20.2 Å². The molecule has 0 aromatic heterocycles. The Hall–Kier alpha value is -1.39. The Morgan fingerprint density at radius 3 is 2.47 bits per heavy atom. The standard InChI is InChI=1S/C13H20N2O2/c1-3-15-13(16)9-14-8-11-4-6-12(7-5-11)10-17-2/h4-7,14H,3,8-10H2,1-2H3,(H,15,16). The quantitative estimate of drug-likeness (QED) is 0.744. The average Bonchev–Trinajstić information content (AvgIpc) is 2.32. The molecule has 94 valence electrons. The second-order valence-corrected chi connectivity index (χ2v) is 3.81. The lowest BCUT2D eigenvalue weighted by Gasteiger charge is -2.06. The summed E-state index contributed by atoms with van der Waals surface area (Å²) in [7, 11) is 1.68. The van der Waals surface area contributed by atoms with E-state index in [-0.39, 0.29) is 5.91 Å². The summed E-state index contributed by atoms with van der Waals surface area (Å²) in [6.07, 6.45) is 0. The zero-order chi connectivity index (χ0) is 12.5. The van der Waals surface area contributed by atoms with Crippen molar-refractivity contribution in [2.45, 2.75) is 20.1 Å². The number of ether oxygens (including phenoxy) is 1. The van der Waals surface area contributed by atoms with Gasteiger partial charge in [0.15, 0.2) is 0 Å². The first-order valence-corrected chi connectivity index (χ1v) is 5.80. The van der Waals surface area contributed by atoms with Crippen LogP contribution in [0.4, 0.5) is 0 Å². The van der Waals surface area contributed by atoms with Crippen molar-refractivity contribution in [1.29, 1.82) is 0 Å². The SMILES string of the molecule is CCNC(=O)CNCc1ccc(COC)cc1. The fraction of sp³-hybridized carbons (Fsp3) is 0.462. The number of likely N-dealkylation sites (N-methyl/N-ethyl adjacent to an activating group) is 1. The summed E-state index contributed by atoms with van der Waals surface area (Å²) in [4.78, 5) is 11.2. The smallest absolute Gasteiger partial charge is 0.233 e. The number of carbonyl (C=O) groups excluding carboxylic acids is 1. The van der Waals surface area contributed by atoms with Crippen LogP contribution in [0.15, 0.2) is 24.3 Å². The topological polar surface area (TPSA) is 50.4 Å². The maximum absolute atomic E-state index is 11.2. The number of benzene rings is 1. The van der Waals surface area contributed by atoms with Gasteiger partial charge in [-0.2, -0.15) is 0 Å². The second-order valence-electron chi connectivity index (χ2n) is 3.81. The molecule has 0 saturated heterocycles. The Labute approximate surface area is 102 Å². The van der Waals surface area contributed by atoms with Crippen molar-refractivity contribution in [3.63, 3.8) is 0 Å². The van der Waals surface area contributed by atoms with Crippen LogP contribution in [0.5, 0.6) is 0 Å². The van der Waals surface area contributed by atoms with E-state index in [4.69, 9.17) is 4.74 Å². The second kappa shape index (κ2) is 7.81. The molecule has 2 N–H and O–H groups in total. The zero-order valence-electron chi connectivity index (χ0n) is 10.5. The van der Waals surface area contributed by atoms with Crippen molar-refractivity contribution in [1.82, 2.24) is 10.6 Å². The molecular formula is C13H20N2O2. The van der Waals surface area contributed by atoms with E-state index in [9.17, 15) is 4.79 Å². The number of hydrogen-bond donors (Lipinski definition) is 2. The maximum Gasteiger partial charge on any atom is 0.233 e. The fourth-order valence-electron chi connectivity index (χ4n) is 1.50. The van der Waals surface area contributed by atoms with Crippen LogP contribution in [-0.4, -0.2) is 26.1 Å². The van der Waals surface area contributed by atoms with Crippen molar-refractivity contribution in [3.05, 3.63) is 35.4 Å². The molecule has 0 unspecified atom stereocenters. The molecule has 1 aromatic rings. The molecule has 0 fully saturated rings. The molecule has 0 radical (unpaired) electrons. The van der Waals surface area contributed by atoms with Crippen molar-refractivity contribution in [2.24, 2.45) is 0 Å². The molecular weight excluding hydrogens is 216 g/mol. The molecule has 1 rings (SSSR count). The fourth-order valence-corrected chi connectivity index (χ4v) is 1.50. The van der Waals surface area contributed by atoms with E-state index in [0.29, 0.717) is 26.2 Å². The minimum Gasteiger partial charge on any atom is -0.380 e. The number of methoxy groups -OCH3 is 1. The minimum atomic E-state index is 0.0310. The monoisotopic (exact) mass is 236 g/mol. The van der Waals surface area contributed by atoms with Crippen LogP contribution >= 0.6 is 0 Å². The van der Waals surface area contributed by atoms with Gasteiger partial charge in [0.1, 0.15) is 0 Å². The summed E-state index contributed by atoms with van der Waals surface area (Å²) >= 11 is 0. The third-order valence-corrected chi connectivity index (χ3v) is 2.32. The number of nitrogens with one attached hydrogen (secondary N) is 2. The van der Waals surface area contributed by atoms with Gasteiger partial charge in [0.25, 0.3) is 0 Å². The van der Waals surface area contributed by atoms with Gasteiger partial charge >= 0.3 is 0 Å². The van der Waals surface area contributed by atoms with Crippen molar-refractivity contribution in [3.8, 4) is 0 Å². The highest BCUT2D eigenvalue weighted by molar-refractivity contribution is 5.77. The first-order valence-electron chi connectivity index (χ1n) is 5.80. The zero-order valence-corrected chi connectivity index (χ0v) is 10.5. The Balaban J connectivity index is 2.29. The molecule has 0 aliphatic rings. The van der Waals surface area contributed by atoms with E-state index < -0.39 is 0 Å². The van der Waals surface area contributed by atoms with Gasteiger partial charge in [-0.3, -0.25) is 4.79 Å². The van der Waals surface area contributed by atoms with Crippen molar-refractivity contribution in [2.75, 3.05) is 20.2 Å². The maximum atomic E-state index is 11.2. The minimum absolute atomic E-state index is 0.0310. The predicted octanol–water partition coefficient (Wildman–Crippen LogP) is 1.06. The van der Waals surface area contributed by atoms with Gasteiger partial charge in [0.05, 0.1) is 13.2 Å². The molecule has 1 aromatic carbocycles. The van der Waals surface area contributed by atoms with Crippen LogP contribution in [-0.2, 0) is 22.7 Å². The normalized spacial score (nSPS) is 10.2. The van der Waals surface area contributed by atoms with Gasteiger partial charge in [-0.05, 0) is 18.1 Å². The number of carbonyl (C=O) groups is 1. The van der Waals surface area contributed by atoms with Crippen LogP contribution in [0.2, 0.25) is 0 Å². The molecule has 4 heteroatoms. The van der Waals surface area contributed by atoms with Crippen LogP contribution in [0.1, 0.15) is 18.1 Å². The van der Waals surface area contributed by atoms with E-state index in [1.54, 1.807) is 7.11 Å². The van der Waals surface area contributed by atoms with Crippen LogP contribution in [0.25, 0.3) is 0 Å². The van der Waals surface area contributed by atoms with Crippen molar-refractivity contribution < 1.29 is 9.53 Å². The molecule has 0 heterocycles. The van der Waals surface area contributed by atoms with E-state index in [2.05, 4.69) is 10.6 Å². The Morgan fingerprint density at radius 1 is 1.24 bits per heavy atom. The van der Waals surface area contributed by atoms with Gasteiger partial charge in [-0.25, -0.2) is 0 Å². The average molecular weight is 236 g/mol. The highest BCUT2D eigenvalue weighted by atomic mass is 16.5. The lowest BCUT2D eigenvalue weighted by atomic mass is 10.1. The molecule has 0 bridgehead atoms. The van der Waals surface area contributed by atoms with E-state index in [1.807, 2.05) is 31.2 Å². The van der Waals surface area contributed by atoms with Gasteiger partial charge in [-0.15, -0.1) is 0 Å². The summed E-state index contributed by atoms with van der Waals surface area (Å²) < 4.78 is 5.04. The van der Waals surface area contributed by atoms with Gasteiger partial charge in [-0.1, -0.05) is 24.3 Å². The molecule has 1 amide bonds. The number of hydrogen-bond acceptors (Lipinski definition) is 3. The molecule has 0 saturated carbocycles. The van der Waals surface area contributed by atoms with Gasteiger partial charge < -0.3 is 15.4 Å². The Kier molecular flexibility index (Phi) is 6.29. The molecule has 0 spiro atoms. The third-order valence-electron chi connectivity index (χ3n) is 2.32. The lowest BCUT2D eigenvalue weighted by molar-refractivity contribution is -0.120. The first-order chi connectivity index (χ1) is 8.26. The first kappa shape index (κ1) is 13.7. The van der Waals surface area contributed by atoms with E-state index >= 15 is 0 Å². The highest BCUT2D eigenvalue weighted by Gasteiger charge is 1.98. The van der Waals surface area contributed by atoms with E-state index in [0.717, 1.165) is 11.1 Å². The molecule has 17 heavy (non-hydrogen) atoms. The van der Waals surface area contributed by atoms with Crippen LogP contribution < -0.4 is 10.6 Å². The van der Waals surface area contributed by atoms with Crippen molar-refractivity contribution >= 4 is 5.91 Å². The number of rotatable bonds is 7. The summed E-state index contributed by atoms with van der Waals surface area (Å²) in [5.41, 5.74) is 2.31. The van der Waals surface area contributed by atoms with Gasteiger partial charge in [0.2, 0.25) is 5.91 Å². The van der Waals surface area contributed by atoms with Crippen LogP contribution in [0.3, 0.4) is 0 Å². The molecule has 4 nitrogen and oxygen atoms in total. The number of amides is 1. The summed E-state index contributed by atoms with van der Waals surface area (Å²) in [5.74, 6) is 0.0310.